The fourth-order valence-electron chi connectivity index (χ4n) is 4.51. The Morgan fingerprint density at radius 2 is 0.732 bits per heavy atom. The summed E-state index contributed by atoms with van der Waals surface area (Å²) in [4.78, 5) is 0. The molecule has 0 fully saturated rings. The van der Waals surface area contributed by atoms with E-state index in [1.54, 1.807) is 0 Å². The van der Waals surface area contributed by atoms with Gasteiger partial charge in [-0.15, -0.1) is 0 Å². The molecule has 6 rings (SSSR count). The SMILES string of the molecule is ClC(Cl)Cl.c1ccc(P(c2ccccc2)c2ccnn2Cn2nccc2P(c2ccccc2)c2ccccc2)cc1. The number of nitrogens with zero attached hydrogens (tertiary/aromatic N) is 4. The molecule has 4 nitrogen and oxygen atoms in total. The van der Waals surface area contributed by atoms with Gasteiger partial charge >= 0.3 is 0 Å². The molecule has 0 unspecified atom stereocenters. The second kappa shape index (κ2) is 14.8. The third-order valence-corrected chi connectivity index (χ3v) is 11.1. The van der Waals surface area contributed by atoms with Crippen molar-refractivity contribution >= 4 is 82.7 Å². The first-order valence-electron chi connectivity index (χ1n) is 12.9. The van der Waals surface area contributed by atoms with Gasteiger partial charge < -0.3 is 0 Å². The predicted molar refractivity (Wildman–Crippen MR) is 179 cm³/mol. The molecule has 0 radical (unpaired) electrons. The normalized spacial score (nSPS) is 11.1. The predicted octanol–water partition coefficient (Wildman–Crippen LogP) is 6.09. The van der Waals surface area contributed by atoms with E-state index in [1.807, 2.05) is 12.4 Å². The van der Waals surface area contributed by atoms with Crippen molar-refractivity contribution in [3.8, 4) is 0 Å². The van der Waals surface area contributed by atoms with Gasteiger partial charge in [0.25, 0.3) is 0 Å². The summed E-state index contributed by atoms with van der Waals surface area (Å²) in [6.45, 7) is 0.557. The van der Waals surface area contributed by atoms with Gasteiger partial charge in [-0.3, -0.25) is 0 Å². The highest BCUT2D eigenvalue weighted by atomic mass is 35.6. The van der Waals surface area contributed by atoms with Gasteiger partial charge in [-0.05, 0) is 33.4 Å². The van der Waals surface area contributed by atoms with Crippen molar-refractivity contribution in [1.29, 1.82) is 0 Å². The van der Waals surface area contributed by atoms with Crippen LogP contribution in [-0.4, -0.2) is 23.9 Å². The molecule has 0 atom stereocenters. The van der Waals surface area contributed by atoms with Crippen molar-refractivity contribution in [3.05, 3.63) is 146 Å². The number of hydrogen-bond acceptors (Lipinski definition) is 2. The molecule has 206 valence electrons. The Bertz CT molecular complexity index is 1410. The molecule has 0 N–H and O–H groups in total. The number of halogens is 3. The molecule has 4 aromatic carbocycles. The molecule has 2 aromatic heterocycles. The summed E-state index contributed by atoms with van der Waals surface area (Å²) in [5, 5.41) is 14.8. The lowest BCUT2D eigenvalue weighted by Crippen LogP contribution is -2.33. The van der Waals surface area contributed by atoms with Gasteiger partial charge in [0.05, 0.1) is 10.9 Å². The van der Waals surface area contributed by atoms with Crippen molar-refractivity contribution in [1.82, 2.24) is 19.6 Å². The molecular weight excluding hydrogens is 609 g/mol. The first kappa shape index (κ1) is 29.5. The zero-order chi connectivity index (χ0) is 28.4. The minimum Gasteiger partial charge on any atom is -0.243 e. The summed E-state index contributed by atoms with van der Waals surface area (Å²) in [5.41, 5.74) is 2.41. The Morgan fingerprint density at radius 1 is 0.463 bits per heavy atom. The van der Waals surface area contributed by atoms with Crippen LogP contribution >= 0.6 is 50.6 Å². The second-order valence-corrected chi connectivity index (χ2v) is 15.1. The van der Waals surface area contributed by atoms with E-state index in [1.165, 1.54) is 32.1 Å². The van der Waals surface area contributed by atoms with Gasteiger partial charge in [-0.2, -0.15) is 10.2 Å². The van der Waals surface area contributed by atoms with Crippen LogP contribution in [0.3, 0.4) is 0 Å². The molecule has 0 spiro atoms. The maximum atomic E-state index is 4.81. The van der Waals surface area contributed by atoms with Crippen molar-refractivity contribution < 1.29 is 0 Å². The highest BCUT2D eigenvalue weighted by Gasteiger charge is 2.23. The lowest BCUT2D eigenvalue weighted by atomic mass is 10.4. The van der Waals surface area contributed by atoms with Crippen LogP contribution in [-0.2, 0) is 6.67 Å². The van der Waals surface area contributed by atoms with Crippen molar-refractivity contribution in [2.24, 2.45) is 0 Å². The van der Waals surface area contributed by atoms with Gasteiger partial charge in [0, 0.05) is 28.2 Å². The number of alkyl halides is 3. The quantitative estimate of drug-likeness (QED) is 0.150. The molecule has 2 heterocycles. The van der Waals surface area contributed by atoms with E-state index >= 15 is 0 Å². The largest absolute Gasteiger partial charge is 0.243 e. The van der Waals surface area contributed by atoms with E-state index in [-0.39, 0.29) is 0 Å². The smallest absolute Gasteiger partial charge is 0.180 e. The van der Waals surface area contributed by atoms with E-state index in [2.05, 4.69) is 143 Å². The van der Waals surface area contributed by atoms with Crippen LogP contribution in [0.5, 0.6) is 0 Å². The molecule has 0 aliphatic carbocycles. The van der Waals surface area contributed by atoms with Crippen LogP contribution in [0.15, 0.2) is 146 Å². The summed E-state index contributed by atoms with van der Waals surface area (Å²) >= 11 is 14.4. The fourth-order valence-corrected chi connectivity index (χ4v) is 9.17. The van der Waals surface area contributed by atoms with Gasteiger partial charge in [0.15, 0.2) is 4.30 Å². The minimum atomic E-state index is -0.759. The molecule has 0 saturated carbocycles. The Labute approximate surface area is 258 Å². The molecule has 0 aliphatic rings. The van der Waals surface area contributed by atoms with Crippen LogP contribution in [0.25, 0.3) is 0 Å². The molecule has 9 heteroatoms. The van der Waals surface area contributed by atoms with Crippen LogP contribution in [0.1, 0.15) is 0 Å². The van der Waals surface area contributed by atoms with E-state index in [4.69, 9.17) is 45.0 Å². The standard InChI is InChI=1S/C31H26N4P2.CHCl3/c1-5-13-26(14-6-1)36(27-15-7-2-8-16-27)30-21-23-32-34(30)25-35-31(22-24-33-35)37(28-17-9-3-10-18-28)29-19-11-4-12-20-29;2-1(3)4/h1-24H,25H2;1H. The van der Waals surface area contributed by atoms with E-state index in [0.717, 1.165) is 0 Å². The third kappa shape index (κ3) is 7.66. The maximum absolute atomic E-state index is 4.81. The first-order chi connectivity index (χ1) is 20.1. The average Bonchev–Trinajstić information content (AvgIpc) is 3.65. The summed E-state index contributed by atoms with van der Waals surface area (Å²) in [5.74, 6) is 0. The van der Waals surface area contributed by atoms with Crippen molar-refractivity contribution in [2.45, 2.75) is 11.0 Å². The molecule has 6 aromatic rings. The van der Waals surface area contributed by atoms with Gasteiger partial charge in [-0.1, -0.05) is 156 Å². The molecule has 0 aliphatic heterocycles. The number of aromatic nitrogens is 4. The molecule has 0 amide bonds. The Kier molecular flexibility index (Phi) is 10.6. The van der Waals surface area contributed by atoms with Crippen LogP contribution in [0.4, 0.5) is 0 Å². The molecule has 0 bridgehead atoms. The van der Waals surface area contributed by atoms with Gasteiger partial charge in [-0.25, -0.2) is 9.36 Å². The van der Waals surface area contributed by atoms with Gasteiger partial charge in [0.2, 0.25) is 0 Å². The average molecular weight is 636 g/mol. The first-order valence-corrected chi connectivity index (χ1v) is 16.9. The van der Waals surface area contributed by atoms with E-state index in [0.29, 0.717) is 6.67 Å². The van der Waals surface area contributed by atoms with Crippen LogP contribution < -0.4 is 32.1 Å². The van der Waals surface area contributed by atoms with E-state index < -0.39 is 20.1 Å². The van der Waals surface area contributed by atoms with E-state index in [9.17, 15) is 0 Å². The number of benzene rings is 4. The van der Waals surface area contributed by atoms with Crippen molar-refractivity contribution in [2.75, 3.05) is 0 Å². The molecule has 41 heavy (non-hydrogen) atoms. The highest BCUT2D eigenvalue weighted by Crippen LogP contribution is 2.34. The Morgan fingerprint density at radius 3 is 1.00 bits per heavy atom. The van der Waals surface area contributed by atoms with Gasteiger partial charge in [0.1, 0.15) is 6.67 Å². The third-order valence-electron chi connectivity index (χ3n) is 6.17. The number of hydrogen-bond donors (Lipinski definition) is 0. The second-order valence-electron chi connectivity index (χ2n) is 8.78. The fraction of sp³-hybridized carbons (Fsp3) is 0.0625. The van der Waals surface area contributed by atoms with Crippen molar-refractivity contribution in [3.63, 3.8) is 0 Å². The lowest BCUT2D eigenvalue weighted by Gasteiger charge is -2.23. The summed E-state index contributed by atoms with van der Waals surface area (Å²) in [6.07, 6.45) is 3.83. The zero-order valence-corrected chi connectivity index (χ0v) is 26.0. The maximum Gasteiger partial charge on any atom is 0.180 e. The Balaban J connectivity index is 0.000000794. The molecular formula is C32H27Cl3N4P2. The van der Waals surface area contributed by atoms with Crippen LogP contribution in [0.2, 0.25) is 0 Å². The zero-order valence-electron chi connectivity index (χ0n) is 22.0. The van der Waals surface area contributed by atoms with Crippen LogP contribution in [0, 0.1) is 0 Å². The minimum absolute atomic E-state index is 0.557. The number of rotatable bonds is 8. The highest BCUT2D eigenvalue weighted by molar-refractivity contribution is 7.80. The lowest BCUT2D eigenvalue weighted by molar-refractivity contribution is 0.523. The monoisotopic (exact) mass is 634 g/mol. The molecule has 0 saturated heterocycles. The summed E-state index contributed by atoms with van der Waals surface area (Å²) in [6, 6.07) is 47.3. The summed E-state index contributed by atoms with van der Waals surface area (Å²) < 4.78 is 3.48. The topological polar surface area (TPSA) is 35.6 Å². The summed E-state index contributed by atoms with van der Waals surface area (Å²) in [7, 11) is -1.52. The Hall–Kier alpha value is -2.97.